The van der Waals surface area contributed by atoms with Gasteiger partial charge in [-0.2, -0.15) is 10.2 Å². The second-order valence-corrected chi connectivity index (χ2v) is 7.03. The normalized spacial score (nSPS) is 15.9. The summed E-state index contributed by atoms with van der Waals surface area (Å²) in [5.74, 6) is 1.41. The van der Waals surface area contributed by atoms with Crippen molar-refractivity contribution < 1.29 is 0 Å². The summed E-state index contributed by atoms with van der Waals surface area (Å²) in [7, 11) is 0. The molecule has 4 heterocycles. The fourth-order valence-electron chi connectivity index (χ4n) is 3.25. The minimum Gasteiger partial charge on any atom is -0.353 e. The number of nitrogens with zero attached hydrogens (tertiary/aromatic N) is 6. The van der Waals surface area contributed by atoms with Crippen LogP contribution in [0, 0.1) is 0 Å². The molecule has 0 fully saturated rings. The minimum absolute atomic E-state index is 0.704. The van der Waals surface area contributed by atoms with Gasteiger partial charge in [0.25, 0.3) is 0 Å². The summed E-state index contributed by atoms with van der Waals surface area (Å²) in [5, 5.41) is 14.6. The van der Waals surface area contributed by atoms with Gasteiger partial charge in [0.1, 0.15) is 5.65 Å². The quantitative estimate of drug-likeness (QED) is 0.364. The van der Waals surface area contributed by atoms with Crippen molar-refractivity contribution in [2.75, 3.05) is 26.2 Å². The Labute approximate surface area is 178 Å². The summed E-state index contributed by atoms with van der Waals surface area (Å²) in [6, 6.07) is 12.1. The van der Waals surface area contributed by atoms with Crippen LogP contribution in [0.15, 0.2) is 69.0 Å². The van der Waals surface area contributed by atoms with Gasteiger partial charge in [-0.25, -0.2) is 25.8 Å². The van der Waals surface area contributed by atoms with E-state index in [9.17, 15) is 0 Å². The Morgan fingerprint density at radius 2 is 1.45 bits per heavy atom. The summed E-state index contributed by atoms with van der Waals surface area (Å²) < 4.78 is 2.00. The molecule has 31 heavy (non-hydrogen) atoms. The van der Waals surface area contributed by atoms with Crippen molar-refractivity contribution >= 4 is 30.0 Å². The standard InChI is InChI=1S/C21H22N10/c1-4-17(5-2-15(1)11-26-29-20-22-7-8-23-20)18-14-31-13-16(3-6-19(31)28-18)12-27-30-21-24-9-10-25-21/h1-6,11-14H,7-10H2,(H2,22,23,29)(H2,24,25,30)/b26-11-,27-12+. The van der Waals surface area contributed by atoms with E-state index in [2.05, 4.69) is 41.7 Å². The molecule has 2 aromatic heterocycles. The fraction of sp³-hybridized carbons (Fsp3) is 0.190. The number of imidazole rings is 1. The van der Waals surface area contributed by atoms with Gasteiger partial charge in [-0.05, 0) is 17.7 Å². The third-order valence-electron chi connectivity index (χ3n) is 4.80. The first-order valence-corrected chi connectivity index (χ1v) is 10.1. The first-order chi connectivity index (χ1) is 15.3. The van der Waals surface area contributed by atoms with Gasteiger partial charge in [0, 0.05) is 36.6 Å². The van der Waals surface area contributed by atoms with E-state index in [1.165, 1.54) is 0 Å². The van der Waals surface area contributed by atoms with Crippen molar-refractivity contribution in [3.05, 3.63) is 59.9 Å². The molecule has 156 valence electrons. The molecular weight excluding hydrogens is 392 g/mol. The van der Waals surface area contributed by atoms with E-state index in [1.54, 1.807) is 12.4 Å². The van der Waals surface area contributed by atoms with Crippen molar-refractivity contribution in [1.82, 2.24) is 30.9 Å². The van der Waals surface area contributed by atoms with Gasteiger partial charge in [0.2, 0.25) is 11.9 Å². The number of fused-ring (bicyclic) bond motifs is 1. The molecule has 0 spiro atoms. The van der Waals surface area contributed by atoms with Crippen LogP contribution in [0.4, 0.5) is 0 Å². The highest BCUT2D eigenvalue weighted by Crippen LogP contribution is 2.19. The number of hydrogen-bond acceptors (Lipinski definition) is 9. The Hall–Kier alpha value is -4.21. The van der Waals surface area contributed by atoms with Gasteiger partial charge in [0.05, 0.1) is 31.2 Å². The first-order valence-electron chi connectivity index (χ1n) is 10.1. The number of benzene rings is 1. The van der Waals surface area contributed by atoms with Crippen molar-refractivity contribution in [2.24, 2.45) is 20.2 Å². The Balaban J connectivity index is 1.26. The second kappa shape index (κ2) is 8.66. The van der Waals surface area contributed by atoms with E-state index in [0.29, 0.717) is 11.9 Å². The molecular formula is C21H22N10. The van der Waals surface area contributed by atoms with Crippen LogP contribution in [0.5, 0.6) is 0 Å². The van der Waals surface area contributed by atoms with Crippen LogP contribution in [-0.2, 0) is 0 Å². The maximum atomic E-state index is 4.72. The monoisotopic (exact) mass is 414 g/mol. The summed E-state index contributed by atoms with van der Waals surface area (Å²) in [6.45, 7) is 3.26. The Morgan fingerprint density at radius 1 is 0.806 bits per heavy atom. The third-order valence-corrected chi connectivity index (χ3v) is 4.80. The molecule has 0 bridgehead atoms. The zero-order valence-electron chi connectivity index (χ0n) is 16.8. The Kier molecular flexibility index (Phi) is 5.25. The number of pyridine rings is 1. The Bertz CT molecular complexity index is 1190. The Morgan fingerprint density at radius 3 is 2.10 bits per heavy atom. The van der Waals surface area contributed by atoms with Crippen LogP contribution in [0.3, 0.4) is 0 Å². The van der Waals surface area contributed by atoms with Crippen LogP contribution in [0.25, 0.3) is 16.9 Å². The molecule has 3 aromatic rings. The average molecular weight is 414 g/mol. The van der Waals surface area contributed by atoms with Gasteiger partial charge in [0.15, 0.2) is 0 Å². The van der Waals surface area contributed by atoms with Gasteiger partial charge in [-0.3, -0.25) is 0 Å². The number of hydrogen-bond donors (Lipinski definition) is 4. The lowest BCUT2D eigenvalue weighted by Crippen LogP contribution is -2.30. The molecule has 0 saturated carbocycles. The molecule has 0 radical (unpaired) electrons. The van der Waals surface area contributed by atoms with Crippen molar-refractivity contribution in [3.63, 3.8) is 0 Å². The molecule has 2 aliphatic heterocycles. The van der Waals surface area contributed by atoms with Crippen molar-refractivity contribution in [1.29, 1.82) is 0 Å². The predicted molar refractivity (Wildman–Crippen MR) is 123 cm³/mol. The molecule has 0 saturated heterocycles. The van der Waals surface area contributed by atoms with E-state index in [4.69, 9.17) is 4.98 Å². The highest BCUT2D eigenvalue weighted by Gasteiger charge is 2.06. The number of aromatic nitrogens is 2. The molecule has 0 atom stereocenters. The van der Waals surface area contributed by atoms with Crippen molar-refractivity contribution in [3.8, 4) is 11.3 Å². The van der Waals surface area contributed by atoms with E-state index < -0.39 is 0 Å². The maximum absolute atomic E-state index is 4.72. The molecule has 10 nitrogen and oxygen atoms in total. The lowest BCUT2D eigenvalue weighted by Gasteiger charge is -2.00. The number of hydrazone groups is 2. The van der Waals surface area contributed by atoms with Crippen LogP contribution < -0.4 is 21.5 Å². The second-order valence-electron chi connectivity index (χ2n) is 7.03. The molecule has 5 rings (SSSR count). The largest absolute Gasteiger partial charge is 0.353 e. The fourth-order valence-corrected chi connectivity index (χ4v) is 3.25. The summed E-state index contributed by atoms with van der Waals surface area (Å²) in [6.07, 6.45) is 7.53. The van der Waals surface area contributed by atoms with E-state index in [0.717, 1.165) is 54.2 Å². The van der Waals surface area contributed by atoms with E-state index in [1.807, 2.05) is 53.2 Å². The maximum Gasteiger partial charge on any atom is 0.212 e. The average Bonchev–Trinajstić information content (AvgIpc) is 3.56. The summed E-state index contributed by atoms with van der Waals surface area (Å²) >= 11 is 0. The molecule has 1 aromatic carbocycles. The summed E-state index contributed by atoms with van der Waals surface area (Å²) in [4.78, 5) is 13.2. The molecule has 0 aliphatic carbocycles. The predicted octanol–water partition coefficient (Wildman–Crippen LogP) is 0.767. The molecule has 10 heteroatoms. The summed E-state index contributed by atoms with van der Waals surface area (Å²) in [5.41, 5.74) is 10.6. The van der Waals surface area contributed by atoms with Crippen LogP contribution in [-0.4, -0.2) is 59.9 Å². The lowest BCUT2D eigenvalue weighted by molar-refractivity contribution is 0.919. The zero-order chi connectivity index (χ0) is 20.9. The topological polar surface area (TPSA) is 115 Å². The third kappa shape index (κ3) is 4.53. The molecule has 4 N–H and O–H groups in total. The van der Waals surface area contributed by atoms with Crippen LogP contribution in [0.2, 0.25) is 0 Å². The highest BCUT2D eigenvalue weighted by molar-refractivity contribution is 5.86. The molecule has 0 amide bonds. The number of aliphatic imine (C=N–C) groups is 2. The molecule has 2 aliphatic rings. The van der Waals surface area contributed by atoms with Crippen LogP contribution in [0.1, 0.15) is 11.1 Å². The van der Waals surface area contributed by atoms with E-state index >= 15 is 0 Å². The van der Waals surface area contributed by atoms with E-state index in [-0.39, 0.29) is 0 Å². The van der Waals surface area contributed by atoms with Gasteiger partial charge >= 0.3 is 0 Å². The van der Waals surface area contributed by atoms with Gasteiger partial charge in [-0.1, -0.05) is 24.3 Å². The van der Waals surface area contributed by atoms with Crippen LogP contribution >= 0.6 is 0 Å². The zero-order valence-corrected chi connectivity index (χ0v) is 16.8. The first kappa shape index (κ1) is 18.8. The number of guanidine groups is 2. The minimum atomic E-state index is 0.704. The highest BCUT2D eigenvalue weighted by atomic mass is 15.4. The lowest BCUT2D eigenvalue weighted by atomic mass is 10.1. The van der Waals surface area contributed by atoms with Gasteiger partial charge in [-0.15, -0.1) is 0 Å². The number of nitrogens with one attached hydrogen (secondary N) is 4. The van der Waals surface area contributed by atoms with Gasteiger partial charge < -0.3 is 15.0 Å². The SMILES string of the molecule is C(=N/NC1=NCCN1)/c1ccc(-c2cn3cc(/C=N/NC4=NCCN4)ccc3n2)cc1. The number of rotatable bonds is 5. The molecule has 0 unspecified atom stereocenters. The van der Waals surface area contributed by atoms with Crippen molar-refractivity contribution in [2.45, 2.75) is 0 Å². The smallest absolute Gasteiger partial charge is 0.212 e.